The van der Waals surface area contributed by atoms with Gasteiger partial charge in [-0.2, -0.15) is 0 Å². The van der Waals surface area contributed by atoms with Crippen molar-refractivity contribution < 1.29 is 0 Å². The Morgan fingerprint density at radius 1 is 1.23 bits per heavy atom. The van der Waals surface area contributed by atoms with Crippen LogP contribution in [-0.4, -0.2) is 45.8 Å². The molecule has 0 radical (unpaired) electrons. The maximum absolute atomic E-state index is 4.28. The lowest BCUT2D eigenvalue weighted by molar-refractivity contribution is 0.630. The van der Waals surface area contributed by atoms with Crippen LogP contribution in [-0.2, 0) is 19.4 Å². The molecule has 0 aliphatic heterocycles. The van der Waals surface area contributed by atoms with E-state index < -0.39 is 0 Å². The predicted molar refractivity (Wildman–Crippen MR) is 105 cm³/mol. The summed E-state index contributed by atoms with van der Waals surface area (Å²) in [5.74, 6) is 1.84. The zero-order valence-electron chi connectivity index (χ0n) is 15.5. The van der Waals surface area contributed by atoms with Gasteiger partial charge < -0.3 is 20.2 Å². The smallest absolute Gasteiger partial charge is 0.191 e. The third-order valence-corrected chi connectivity index (χ3v) is 4.47. The fourth-order valence-electron chi connectivity index (χ4n) is 3.08. The number of benzene rings is 1. The molecule has 0 aliphatic rings. The van der Waals surface area contributed by atoms with Gasteiger partial charge in [-0.3, -0.25) is 4.99 Å². The molecular formula is C19H27N7. The molecule has 0 bridgehead atoms. The Hall–Kier alpha value is -2.83. The number of H-pyrrole nitrogens is 1. The highest BCUT2D eigenvalue weighted by molar-refractivity contribution is 5.83. The van der Waals surface area contributed by atoms with Crippen LogP contribution in [0.4, 0.5) is 0 Å². The number of aromatic nitrogens is 4. The van der Waals surface area contributed by atoms with Gasteiger partial charge in [0, 0.05) is 50.2 Å². The van der Waals surface area contributed by atoms with Crippen LogP contribution in [0.3, 0.4) is 0 Å². The summed E-state index contributed by atoms with van der Waals surface area (Å²) in [5, 5.41) is 16.1. The lowest BCUT2D eigenvalue weighted by Crippen LogP contribution is -2.39. The monoisotopic (exact) mass is 353 g/mol. The Morgan fingerprint density at radius 3 is 2.92 bits per heavy atom. The van der Waals surface area contributed by atoms with E-state index in [9.17, 15) is 0 Å². The average molecular weight is 353 g/mol. The average Bonchev–Trinajstić information content (AvgIpc) is 3.30. The van der Waals surface area contributed by atoms with Crippen LogP contribution in [0.1, 0.15) is 24.7 Å². The van der Waals surface area contributed by atoms with Crippen LogP contribution in [0.25, 0.3) is 10.9 Å². The summed E-state index contributed by atoms with van der Waals surface area (Å²) in [7, 11) is 1.80. The first-order valence-corrected chi connectivity index (χ1v) is 9.18. The Kier molecular flexibility index (Phi) is 6.24. The molecule has 2 aromatic heterocycles. The molecule has 0 aliphatic carbocycles. The molecular weight excluding hydrogens is 326 g/mol. The summed E-state index contributed by atoms with van der Waals surface area (Å²) in [6.45, 7) is 4.58. The normalized spacial score (nSPS) is 11.8. The second kappa shape index (κ2) is 9.03. The molecule has 0 fully saturated rings. The van der Waals surface area contributed by atoms with Gasteiger partial charge in [0.25, 0.3) is 0 Å². The Bertz CT molecular complexity index is 846. The predicted octanol–water partition coefficient (Wildman–Crippen LogP) is 2.12. The van der Waals surface area contributed by atoms with Crippen molar-refractivity contribution in [2.24, 2.45) is 4.99 Å². The third-order valence-electron chi connectivity index (χ3n) is 4.47. The van der Waals surface area contributed by atoms with Crippen LogP contribution in [0, 0.1) is 0 Å². The second-order valence-electron chi connectivity index (χ2n) is 6.18. The maximum Gasteiger partial charge on any atom is 0.191 e. The molecule has 1 aromatic carbocycles. The van der Waals surface area contributed by atoms with Crippen molar-refractivity contribution in [3.8, 4) is 0 Å². The second-order valence-corrected chi connectivity index (χ2v) is 6.18. The number of nitrogens with zero attached hydrogens (tertiary/aromatic N) is 4. The largest absolute Gasteiger partial charge is 0.361 e. The fraction of sp³-hybridized carbons (Fsp3) is 0.421. The number of guanidine groups is 1. The van der Waals surface area contributed by atoms with E-state index in [1.165, 1.54) is 16.5 Å². The lowest BCUT2D eigenvalue weighted by atomic mass is 10.1. The maximum atomic E-state index is 4.28. The molecule has 26 heavy (non-hydrogen) atoms. The molecule has 0 saturated heterocycles. The van der Waals surface area contributed by atoms with Gasteiger partial charge in [-0.25, -0.2) is 0 Å². The highest BCUT2D eigenvalue weighted by atomic mass is 15.3. The number of aryl methyl sites for hydroxylation is 2. The Labute approximate surface area is 153 Å². The minimum atomic E-state index is 0.785. The van der Waals surface area contributed by atoms with E-state index in [1.807, 2.05) is 0 Å². The van der Waals surface area contributed by atoms with Crippen LogP contribution in [0.2, 0.25) is 0 Å². The summed E-state index contributed by atoms with van der Waals surface area (Å²) in [5.41, 5.74) is 2.57. The number of nitrogens with one attached hydrogen (secondary N) is 3. The number of rotatable bonds is 8. The van der Waals surface area contributed by atoms with Crippen molar-refractivity contribution in [1.29, 1.82) is 0 Å². The number of hydrogen-bond acceptors (Lipinski definition) is 3. The minimum absolute atomic E-state index is 0.785. The molecule has 7 nitrogen and oxygen atoms in total. The van der Waals surface area contributed by atoms with Crippen molar-refractivity contribution in [3.63, 3.8) is 0 Å². The van der Waals surface area contributed by atoms with Gasteiger partial charge in [0.15, 0.2) is 5.96 Å². The molecule has 138 valence electrons. The van der Waals surface area contributed by atoms with Crippen molar-refractivity contribution in [2.75, 3.05) is 20.1 Å². The van der Waals surface area contributed by atoms with Crippen LogP contribution in [0.5, 0.6) is 0 Å². The number of aliphatic imine (C=N–C) groups is 1. The summed E-state index contributed by atoms with van der Waals surface area (Å²) < 4.78 is 2.07. The molecule has 0 unspecified atom stereocenters. The summed E-state index contributed by atoms with van der Waals surface area (Å²) in [6.07, 6.45) is 6.86. The van der Waals surface area contributed by atoms with E-state index >= 15 is 0 Å². The van der Waals surface area contributed by atoms with Gasteiger partial charge in [0.05, 0.1) is 0 Å². The lowest BCUT2D eigenvalue weighted by Gasteiger charge is -2.12. The molecule has 3 rings (SSSR count). The molecule has 7 heteroatoms. The Morgan fingerprint density at radius 2 is 2.08 bits per heavy atom. The van der Waals surface area contributed by atoms with Crippen molar-refractivity contribution >= 4 is 16.9 Å². The molecule has 0 spiro atoms. The van der Waals surface area contributed by atoms with E-state index in [0.717, 1.165) is 50.7 Å². The van der Waals surface area contributed by atoms with Crippen LogP contribution >= 0.6 is 0 Å². The van der Waals surface area contributed by atoms with Crippen LogP contribution < -0.4 is 10.6 Å². The number of para-hydroxylation sites is 1. The Balaban J connectivity index is 1.39. The van der Waals surface area contributed by atoms with E-state index in [1.54, 1.807) is 13.4 Å². The first kappa shape index (κ1) is 18.0. The van der Waals surface area contributed by atoms with Gasteiger partial charge in [0.2, 0.25) is 0 Å². The topological polar surface area (TPSA) is 82.9 Å². The highest BCUT2D eigenvalue weighted by Crippen LogP contribution is 2.18. The van der Waals surface area contributed by atoms with E-state index in [2.05, 4.69) is 72.8 Å². The van der Waals surface area contributed by atoms with Gasteiger partial charge in [0.1, 0.15) is 12.2 Å². The van der Waals surface area contributed by atoms with Gasteiger partial charge in [-0.05, 0) is 24.5 Å². The first-order chi connectivity index (χ1) is 12.8. The van der Waals surface area contributed by atoms with Gasteiger partial charge in [-0.15, -0.1) is 10.2 Å². The van der Waals surface area contributed by atoms with E-state index in [0.29, 0.717) is 0 Å². The standard InChI is InChI=1S/C19H27N7/c1-3-18-25-24-14-26(18)12-11-22-19(20-2)21-10-6-7-15-13-23-17-9-5-4-8-16(15)17/h4-5,8-9,13-14,23H,3,6-7,10-12H2,1-2H3,(H2,20,21,22). The number of hydrogen-bond donors (Lipinski definition) is 3. The zero-order valence-corrected chi connectivity index (χ0v) is 15.5. The fourth-order valence-corrected chi connectivity index (χ4v) is 3.08. The van der Waals surface area contributed by atoms with Crippen LogP contribution in [0.15, 0.2) is 41.8 Å². The van der Waals surface area contributed by atoms with E-state index in [4.69, 9.17) is 0 Å². The highest BCUT2D eigenvalue weighted by Gasteiger charge is 2.04. The van der Waals surface area contributed by atoms with Gasteiger partial charge in [-0.1, -0.05) is 25.1 Å². The summed E-state index contributed by atoms with van der Waals surface area (Å²) in [4.78, 5) is 7.61. The molecule has 0 amide bonds. The van der Waals surface area contributed by atoms with E-state index in [-0.39, 0.29) is 0 Å². The molecule has 3 aromatic rings. The summed E-state index contributed by atoms with van der Waals surface area (Å²) >= 11 is 0. The number of fused-ring (bicyclic) bond motifs is 1. The summed E-state index contributed by atoms with van der Waals surface area (Å²) in [6, 6.07) is 8.43. The molecule has 3 N–H and O–H groups in total. The molecule has 0 saturated carbocycles. The minimum Gasteiger partial charge on any atom is -0.361 e. The van der Waals surface area contributed by atoms with Crippen molar-refractivity contribution in [2.45, 2.75) is 32.7 Å². The quantitative estimate of drug-likeness (QED) is 0.329. The number of aromatic amines is 1. The van der Waals surface area contributed by atoms with Gasteiger partial charge >= 0.3 is 0 Å². The van der Waals surface area contributed by atoms with Crippen molar-refractivity contribution in [3.05, 3.63) is 48.2 Å². The SMILES string of the molecule is CCc1nncn1CCNC(=NC)NCCCc1c[nH]c2ccccc12. The molecule has 2 heterocycles. The zero-order chi connectivity index (χ0) is 18.2. The van der Waals surface area contributed by atoms with Crippen molar-refractivity contribution in [1.82, 2.24) is 30.4 Å². The molecule has 0 atom stereocenters. The first-order valence-electron chi connectivity index (χ1n) is 9.18. The third kappa shape index (κ3) is 4.41.